The van der Waals surface area contributed by atoms with E-state index in [1.807, 2.05) is 4.90 Å². The van der Waals surface area contributed by atoms with Gasteiger partial charge in [-0.05, 0) is 41.8 Å². The molecule has 0 N–H and O–H groups in total. The average molecular weight is 383 g/mol. The zero-order valence-corrected chi connectivity index (χ0v) is 16.3. The number of benzene rings is 2. The van der Waals surface area contributed by atoms with E-state index in [1.165, 1.54) is 22.4 Å². The van der Waals surface area contributed by atoms with Crippen molar-refractivity contribution < 1.29 is 9.18 Å². The maximum atomic E-state index is 13.1. The topological polar surface area (TPSA) is 36.4 Å². The lowest BCUT2D eigenvalue weighted by Crippen LogP contribution is -2.48. The minimum Gasteiger partial charge on any atom is -0.345 e. The Hall–Kier alpha value is -2.47. The van der Waals surface area contributed by atoms with Gasteiger partial charge in [0.15, 0.2) is 5.13 Å². The molecule has 4 rings (SSSR count). The van der Waals surface area contributed by atoms with Gasteiger partial charge in [-0.2, -0.15) is 0 Å². The minimum absolute atomic E-state index is 0.0407. The highest BCUT2D eigenvalue weighted by Crippen LogP contribution is 2.33. The van der Waals surface area contributed by atoms with Gasteiger partial charge in [0.25, 0.3) is 5.91 Å². The molecule has 1 amide bonds. The summed E-state index contributed by atoms with van der Waals surface area (Å²) in [5, 5.41) is 1.02. The first-order chi connectivity index (χ1) is 13.0. The molecule has 0 saturated carbocycles. The molecule has 140 valence electrons. The Morgan fingerprint density at radius 1 is 1.07 bits per heavy atom. The molecule has 0 unspecified atom stereocenters. The molecule has 1 fully saturated rings. The van der Waals surface area contributed by atoms with Crippen LogP contribution in [0.25, 0.3) is 10.2 Å². The van der Waals surface area contributed by atoms with Crippen molar-refractivity contribution in [2.24, 2.45) is 0 Å². The molecule has 0 spiro atoms. The monoisotopic (exact) mass is 383 g/mol. The standard InChI is InChI=1S/C21H22FN3OS/c1-14(2)17-4-3-5-18-19(17)23-21(27-18)25-12-10-24(11-13-25)20(26)15-6-8-16(22)9-7-15/h3-9,14H,10-13H2,1-2H3. The summed E-state index contributed by atoms with van der Waals surface area (Å²) in [5.74, 6) is 0.0721. The Labute approximate surface area is 162 Å². The average Bonchev–Trinajstić information content (AvgIpc) is 3.12. The van der Waals surface area contributed by atoms with Gasteiger partial charge in [-0.3, -0.25) is 4.79 Å². The Balaban J connectivity index is 1.48. The van der Waals surface area contributed by atoms with Crippen LogP contribution in [0.15, 0.2) is 42.5 Å². The van der Waals surface area contributed by atoms with Crippen LogP contribution in [0.3, 0.4) is 0 Å². The molecule has 2 heterocycles. The minimum atomic E-state index is -0.326. The van der Waals surface area contributed by atoms with Crippen molar-refractivity contribution >= 4 is 32.6 Å². The van der Waals surface area contributed by atoms with Crippen molar-refractivity contribution in [1.29, 1.82) is 0 Å². The highest BCUT2D eigenvalue weighted by Gasteiger charge is 2.24. The lowest BCUT2D eigenvalue weighted by molar-refractivity contribution is 0.0746. The van der Waals surface area contributed by atoms with Crippen molar-refractivity contribution in [2.75, 3.05) is 31.1 Å². The third-order valence-corrected chi connectivity index (χ3v) is 6.07. The van der Waals surface area contributed by atoms with E-state index in [9.17, 15) is 9.18 Å². The molecule has 1 aliphatic rings. The first-order valence-corrected chi connectivity index (χ1v) is 10.0. The lowest BCUT2D eigenvalue weighted by Gasteiger charge is -2.34. The first kappa shape index (κ1) is 17.9. The Morgan fingerprint density at radius 3 is 2.44 bits per heavy atom. The third-order valence-electron chi connectivity index (χ3n) is 4.99. The van der Waals surface area contributed by atoms with Gasteiger partial charge in [0, 0.05) is 31.7 Å². The van der Waals surface area contributed by atoms with E-state index in [0.29, 0.717) is 24.6 Å². The van der Waals surface area contributed by atoms with Gasteiger partial charge >= 0.3 is 0 Å². The number of aromatic nitrogens is 1. The first-order valence-electron chi connectivity index (χ1n) is 9.22. The van der Waals surface area contributed by atoms with E-state index in [-0.39, 0.29) is 11.7 Å². The molecule has 3 aromatic rings. The van der Waals surface area contributed by atoms with Crippen molar-refractivity contribution in [2.45, 2.75) is 19.8 Å². The summed E-state index contributed by atoms with van der Waals surface area (Å²) in [6, 6.07) is 12.1. The number of piperazine rings is 1. The molecule has 4 nitrogen and oxygen atoms in total. The zero-order chi connectivity index (χ0) is 19.0. The number of hydrogen-bond acceptors (Lipinski definition) is 4. The molecule has 6 heteroatoms. The molecular formula is C21H22FN3OS. The summed E-state index contributed by atoms with van der Waals surface area (Å²) in [6.07, 6.45) is 0. The molecule has 0 radical (unpaired) electrons. The molecule has 2 aromatic carbocycles. The van der Waals surface area contributed by atoms with E-state index < -0.39 is 0 Å². The van der Waals surface area contributed by atoms with Crippen LogP contribution in [0, 0.1) is 5.82 Å². The predicted molar refractivity (Wildman–Crippen MR) is 108 cm³/mol. The van der Waals surface area contributed by atoms with Crippen LogP contribution in [-0.2, 0) is 0 Å². The number of para-hydroxylation sites is 1. The van der Waals surface area contributed by atoms with Crippen LogP contribution in [-0.4, -0.2) is 42.0 Å². The second-order valence-electron chi connectivity index (χ2n) is 7.13. The fraction of sp³-hybridized carbons (Fsp3) is 0.333. The van der Waals surface area contributed by atoms with Gasteiger partial charge < -0.3 is 9.80 Å². The maximum Gasteiger partial charge on any atom is 0.253 e. The largest absolute Gasteiger partial charge is 0.345 e. The summed E-state index contributed by atoms with van der Waals surface area (Å²) in [7, 11) is 0. The number of amides is 1. The van der Waals surface area contributed by atoms with Gasteiger partial charge in [-0.1, -0.05) is 37.3 Å². The number of anilines is 1. The van der Waals surface area contributed by atoms with Gasteiger partial charge in [0.1, 0.15) is 5.82 Å². The van der Waals surface area contributed by atoms with Crippen molar-refractivity contribution in [3.05, 3.63) is 59.4 Å². The van der Waals surface area contributed by atoms with Gasteiger partial charge in [-0.15, -0.1) is 0 Å². The number of hydrogen-bond donors (Lipinski definition) is 0. The zero-order valence-electron chi connectivity index (χ0n) is 15.5. The molecule has 1 saturated heterocycles. The maximum absolute atomic E-state index is 13.1. The van der Waals surface area contributed by atoms with Crippen molar-refractivity contribution in [3.8, 4) is 0 Å². The van der Waals surface area contributed by atoms with E-state index in [1.54, 1.807) is 23.5 Å². The summed E-state index contributed by atoms with van der Waals surface area (Å²) in [6.45, 7) is 7.17. The smallest absolute Gasteiger partial charge is 0.253 e. The van der Waals surface area contributed by atoms with Gasteiger partial charge in [0.2, 0.25) is 0 Å². The summed E-state index contributed by atoms with van der Waals surface area (Å²) >= 11 is 1.71. The van der Waals surface area contributed by atoms with Crippen molar-refractivity contribution in [1.82, 2.24) is 9.88 Å². The molecule has 1 aliphatic heterocycles. The van der Waals surface area contributed by atoms with Crippen LogP contribution in [0.5, 0.6) is 0 Å². The number of carbonyl (C=O) groups is 1. The Kier molecular flexibility index (Phi) is 4.83. The number of fused-ring (bicyclic) bond motifs is 1. The van der Waals surface area contributed by atoms with Crippen LogP contribution < -0.4 is 4.90 Å². The van der Waals surface area contributed by atoms with Crippen LogP contribution >= 0.6 is 11.3 Å². The fourth-order valence-corrected chi connectivity index (χ4v) is 4.49. The third kappa shape index (κ3) is 3.54. The van der Waals surface area contributed by atoms with E-state index in [4.69, 9.17) is 4.98 Å². The Morgan fingerprint density at radius 2 is 1.78 bits per heavy atom. The van der Waals surface area contributed by atoms with E-state index >= 15 is 0 Å². The van der Waals surface area contributed by atoms with Crippen molar-refractivity contribution in [3.63, 3.8) is 0 Å². The molecule has 27 heavy (non-hydrogen) atoms. The number of thiazole rings is 1. The summed E-state index contributed by atoms with van der Waals surface area (Å²) in [4.78, 5) is 21.6. The summed E-state index contributed by atoms with van der Waals surface area (Å²) in [5.41, 5.74) is 2.91. The van der Waals surface area contributed by atoms with Gasteiger partial charge in [0.05, 0.1) is 10.2 Å². The normalized spacial score (nSPS) is 15.0. The second kappa shape index (κ2) is 7.27. The molecule has 0 bridgehead atoms. The highest BCUT2D eigenvalue weighted by atomic mass is 32.1. The van der Waals surface area contributed by atoms with Gasteiger partial charge in [-0.25, -0.2) is 9.37 Å². The highest BCUT2D eigenvalue weighted by molar-refractivity contribution is 7.22. The number of rotatable bonds is 3. The van der Waals surface area contributed by atoms with Crippen LogP contribution in [0.4, 0.5) is 9.52 Å². The van der Waals surface area contributed by atoms with E-state index in [0.717, 1.165) is 23.7 Å². The lowest BCUT2D eigenvalue weighted by atomic mass is 10.0. The SMILES string of the molecule is CC(C)c1cccc2sc(N3CCN(C(=O)c4ccc(F)cc4)CC3)nc12. The Bertz CT molecular complexity index is 959. The number of carbonyl (C=O) groups excluding carboxylic acids is 1. The van der Waals surface area contributed by atoms with Crippen LogP contribution in [0.1, 0.15) is 35.7 Å². The predicted octanol–water partition coefficient (Wildman–Crippen LogP) is 4.52. The number of nitrogens with zero attached hydrogens (tertiary/aromatic N) is 3. The molecular weight excluding hydrogens is 361 g/mol. The molecule has 0 atom stereocenters. The molecule has 1 aromatic heterocycles. The summed E-state index contributed by atoms with van der Waals surface area (Å²) < 4.78 is 14.3. The molecule has 0 aliphatic carbocycles. The van der Waals surface area contributed by atoms with E-state index in [2.05, 4.69) is 36.9 Å². The number of halogens is 1. The quantitative estimate of drug-likeness (QED) is 0.667. The second-order valence-corrected chi connectivity index (χ2v) is 8.14. The van der Waals surface area contributed by atoms with Crippen LogP contribution in [0.2, 0.25) is 0 Å². The fourth-order valence-electron chi connectivity index (χ4n) is 3.44.